The first-order chi connectivity index (χ1) is 15.0. The number of halogens is 2. The van der Waals surface area contributed by atoms with Crippen LogP contribution in [0.1, 0.15) is 29.7 Å². The Balaban J connectivity index is 1.36. The summed E-state index contributed by atoms with van der Waals surface area (Å²) in [5, 5.41) is 10.3. The number of nitrogens with zero attached hydrogens (tertiary/aromatic N) is 4. The minimum absolute atomic E-state index is 0.0311. The molecule has 0 aliphatic carbocycles. The highest BCUT2D eigenvalue weighted by Crippen LogP contribution is 2.27. The number of aromatic nitrogens is 4. The Kier molecular flexibility index (Phi) is 6.26. The van der Waals surface area contributed by atoms with E-state index in [-0.39, 0.29) is 29.2 Å². The summed E-state index contributed by atoms with van der Waals surface area (Å²) in [5.74, 6) is -0.258. The number of nitrogens with one attached hydrogen (secondary N) is 2. The van der Waals surface area contributed by atoms with Gasteiger partial charge in [0.05, 0.1) is 30.8 Å². The molecular weight excluding hydrogens is 406 g/mol. The van der Waals surface area contributed by atoms with Gasteiger partial charge in [-0.05, 0) is 44.5 Å². The molecule has 1 saturated heterocycles. The highest BCUT2D eigenvalue weighted by molar-refractivity contribution is 5.48. The van der Waals surface area contributed by atoms with Gasteiger partial charge in [0.1, 0.15) is 12.4 Å². The highest BCUT2D eigenvalue weighted by Gasteiger charge is 2.18. The Labute approximate surface area is 178 Å². The van der Waals surface area contributed by atoms with Crippen LogP contribution in [0.5, 0.6) is 11.5 Å². The van der Waals surface area contributed by atoms with E-state index in [9.17, 15) is 8.78 Å². The van der Waals surface area contributed by atoms with E-state index in [2.05, 4.69) is 30.4 Å². The summed E-state index contributed by atoms with van der Waals surface area (Å²) in [4.78, 5) is 10.7. The third kappa shape index (κ3) is 4.91. The van der Waals surface area contributed by atoms with Crippen LogP contribution in [-0.2, 0) is 13.2 Å². The van der Waals surface area contributed by atoms with Gasteiger partial charge in [-0.15, -0.1) is 0 Å². The van der Waals surface area contributed by atoms with Gasteiger partial charge in [0.2, 0.25) is 5.95 Å². The van der Waals surface area contributed by atoms with Crippen molar-refractivity contribution in [3.8, 4) is 11.5 Å². The van der Waals surface area contributed by atoms with Gasteiger partial charge in [-0.3, -0.25) is 10.00 Å². The van der Waals surface area contributed by atoms with Crippen LogP contribution in [0.15, 0.2) is 24.5 Å². The predicted octanol–water partition coefficient (Wildman–Crippen LogP) is 3.71. The van der Waals surface area contributed by atoms with E-state index in [0.717, 1.165) is 25.3 Å². The van der Waals surface area contributed by atoms with Crippen molar-refractivity contribution in [2.75, 3.05) is 25.5 Å². The summed E-state index contributed by atoms with van der Waals surface area (Å²) in [6.07, 6.45) is 5.32. The van der Waals surface area contributed by atoms with Gasteiger partial charge in [0.15, 0.2) is 23.1 Å². The molecule has 10 heteroatoms. The monoisotopic (exact) mass is 430 g/mol. The Morgan fingerprint density at radius 2 is 1.87 bits per heavy atom. The van der Waals surface area contributed by atoms with Gasteiger partial charge in [-0.2, -0.15) is 5.10 Å². The number of rotatable bonds is 8. The molecular formula is C21H24F2N6O2. The second-order valence-corrected chi connectivity index (χ2v) is 7.42. The largest absolute Gasteiger partial charge is 0.494 e. The maximum atomic E-state index is 14.4. The van der Waals surface area contributed by atoms with E-state index in [4.69, 9.17) is 9.47 Å². The van der Waals surface area contributed by atoms with E-state index in [1.165, 1.54) is 45.3 Å². The molecule has 1 aromatic carbocycles. The molecule has 8 nitrogen and oxygen atoms in total. The third-order valence-corrected chi connectivity index (χ3v) is 5.13. The molecule has 31 heavy (non-hydrogen) atoms. The van der Waals surface area contributed by atoms with E-state index in [1.807, 2.05) is 6.07 Å². The zero-order valence-corrected chi connectivity index (χ0v) is 17.4. The Bertz CT molecular complexity index is 1040. The number of H-pyrrole nitrogens is 1. The van der Waals surface area contributed by atoms with Crippen molar-refractivity contribution in [1.29, 1.82) is 0 Å². The summed E-state index contributed by atoms with van der Waals surface area (Å²) in [6, 6.07) is 3.23. The normalized spacial score (nSPS) is 14.1. The lowest BCUT2D eigenvalue weighted by atomic mass is 10.1. The van der Waals surface area contributed by atoms with Crippen molar-refractivity contribution in [3.05, 3.63) is 53.0 Å². The van der Waals surface area contributed by atoms with Gasteiger partial charge in [-0.25, -0.2) is 18.7 Å². The number of likely N-dealkylation sites (tertiary alicyclic amines) is 1. The fraction of sp³-hybridized carbons (Fsp3) is 0.381. The first-order valence-electron chi connectivity index (χ1n) is 10.0. The molecule has 0 amide bonds. The average molecular weight is 430 g/mol. The summed E-state index contributed by atoms with van der Waals surface area (Å²) in [7, 11) is 1.33. The van der Waals surface area contributed by atoms with E-state index in [0.29, 0.717) is 11.8 Å². The SMILES string of the molecule is COc1cc(C)c(F)c(COc2cnc(Nc3cc(CN4CCCC4)[nH]n3)nc2)c1F. The molecule has 0 bridgehead atoms. The lowest BCUT2D eigenvalue weighted by Crippen LogP contribution is -2.18. The molecule has 3 heterocycles. The quantitative estimate of drug-likeness (QED) is 0.563. The van der Waals surface area contributed by atoms with Crippen molar-refractivity contribution in [2.24, 2.45) is 0 Å². The Morgan fingerprint density at radius 3 is 2.58 bits per heavy atom. The molecule has 2 N–H and O–H groups in total. The lowest BCUT2D eigenvalue weighted by Gasteiger charge is -2.12. The molecule has 1 aliphatic rings. The molecule has 0 atom stereocenters. The number of ether oxygens (including phenoxy) is 2. The van der Waals surface area contributed by atoms with Crippen molar-refractivity contribution in [2.45, 2.75) is 32.9 Å². The van der Waals surface area contributed by atoms with Crippen LogP contribution in [0, 0.1) is 18.6 Å². The second-order valence-electron chi connectivity index (χ2n) is 7.42. The maximum Gasteiger partial charge on any atom is 0.228 e. The third-order valence-electron chi connectivity index (χ3n) is 5.13. The van der Waals surface area contributed by atoms with Crippen molar-refractivity contribution < 1.29 is 18.3 Å². The second kappa shape index (κ2) is 9.25. The van der Waals surface area contributed by atoms with Crippen LogP contribution in [0.4, 0.5) is 20.5 Å². The minimum Gasteiger partial charge on any atom is -0.494 e. The first kappa shape index (κ1) is 21.0. The van der Waals surface area contributed by atoms with Crippen LogP contribution < -0.4 is 14.8 Å². The Hall–Kier alpha value is -3.27. The maximum absolute atomic E-state index is 14.4. The summed E-state index contributed by atoms with van der Waals surface area (Å²) < 4.78 is 39.1. The molecule has 0 radical (unpaired) electrons. The number of benzene rings is 1. The molecule has 164 valence electrons. The van der Waals surface area contributed by atoms with Crippen LogP contribution >= 0.6 is 0 Å². The van der Waals surface area contributed by atoms with Crippen LogP contribution in [0.25, 0.3) is 0 Å². The van der Waals surface area contributed by atoms with E-state index >= 15 is 0 Å². The Morgan fingerprint density at radius 1 is 1.13 bits per heavy atom. The molecule has 0 spiro atoms. The summed E-state index contributed by atoms with van der Waals surface area (Å²) >= 11 is 0. The minimum atomic E-state index is -0.784. The molecule has 0 unspecified atom stereocenters. The van der Waals surface area contributed by atoms with Crippen LogP contribution in [0.2, 0.25) is 0 Å². The number of aryl methyl sites for hydroxylation is 1. The fourth-order valence-corrected chi connectivity index (χ4v) is 3.50. The number of methoxy groups -OCH3 is 1. The standard InChI is InChI=1S/C21H24F2N6O2/c1-13-7-17(30-2)20(23)16(19(13)22)12-31-15-9-24-21(25-10-15)26-18-8-14(27-28-18)11-29-5-3-4-6-29/h7-10H,3-6,11-12H2,1-2H3,(H2,24,25,26,27,28). The molecule has 3 aromatic rings. The predicted molar refractivity (Wildman–Crippen MR) is 110 cm³/mol. The lowest BCUT2D eigenvalue weighted by molar-refractivity contribution is 0.285. The van der Waals surface area contributed by atoms with Gasteiger partial charge in [-0.1, -0.05) is 0 Å². The highest BCUT2D eigenvalue weighted by atomic mass is 19.1. The zero-order valence-electron chi connectivity index (χ0n) is 17.4. The summed E-state index contributed by atoms with van der Waals surface area (Å²) in [5.41, 5.74) is 1.08. The molecule has 2 aromatic heterocycles. The van der Waals surface area contributed by atoms with Crippen molar-refractivity contribution in [3.63, 3.8) is 0 Å². The van der Waals surface area contributed by atoms with Crippen LogP contribution in [0.3, 0.4) is 0 Å². The zero-order chi connectivity index (χ0) is 21.8. The van der Waals surface area contributed by atoms with Crippen LogP contribution in [-0.4, -0.2) is 45.3 Å². The van der Waals surface area contributed by atoms with Gasteiger partial charge < -0.3 is 14.8 Å². The number of hydrogen-bond acceptors (Lipinski definition) is 7. The molecule has 1 fully saturated rings. The summed E-state index contributed by atoms with van der Waals surface area (Å²) in [6.45, 7) is 4.27. The number of aromatic amines is 1. The average Bonchev–Trinajstić information content (AvgIpc) is 3.44. The first-order valence-corrected chi connectivity index (χ1v) is 10.0. The number of anilines is 2. The van der Waals surface area contributed by atoms with Gasteiger partial charge in [0, 0.05) is 12.6 Å². The smallest absolute Gasteiger partial charge is 0.228 e. The number of hydrogen-bond donors (Lipinski definition) is 2. The van der Waals surface area contributed by atoms with Crippen molar-refractivity contribution >= 4 is 11.8 Å². The van der Waals surface area contributed by atoms with E-state index in [1.54, 1.807) is 0 Å². The topological polar surface area (TPSA) is 88.2 Å². The van der Waals surface area contributed by atoms with Gasteiger partial charge >= 0.3 is 0 Å². The molecule has 1 aliphatic heterocycles. The van der Waals surface area contributed by atoms with Crippen molar-refractivity contribution in [1.82, 2.24) is 25.1 Å². The fourth-order valence-electron chi connectivity index (χ4n) is 3.50. The van der Waals surface area contributed by atoms with E-state index < -0.39 is 11.6 Å². The van der Waals surface area contributed by atoms with Gasteiger partial charge in [0.25, 0.3) is 0 Å². The molecule has 0 saturated carbocycles. The molecule has 4 rings (SSSR count).